The number of nitro groups is 1. The maximum absolute atomic E-state index is 12.8. The first-order chi connectivity index (χ1) is 10.4. The van der Waals surface area contributed by atoms with Gasteiger partial charge in [-0.2, -0.15) is 4.31 Å². The summed E-state index contributed by atoms with van der Waals surface area (Å²) in [7, 11) is -3.62. The minimum atomic E-state index is -3.62. The molecule has 2 aliphatic heterocycles. The number of non-ortho nitro benzene ring substituents is 1. The minimum Gasteiger partial charge on any atom is -0.330 e. The van der Waals surface area contributed by atoms with E-state index in [0.29, 0.717) is 19.0 Å². The van der Waals surface area contributed by atoms with Crippen molar-refractivity contribution in [1.82, 2.24) is 4.31 Å². The maximum atomic E-state index is 12.8. The highest BCUT2D eigenvalue weighted by atomic mass is 32.2. The van der Waals surface area contributed by atoms with Crippen LogP contribution in [0, 0.1) is 22.0 Å². The Morgan fingerprint density at radius 2 is 1.95 bits per heavy atom. The van der Waals surface area contributed by atoms with Gasteiger partial charge in [0.25, 0.3) is 5.69 Å². The zero-order valence-corrected chi connectivity index (χ0v) is 12.9. The zero-order valence-electron chi connectivity index (χ0n) is 12.1. The van der Waals surface area contributed by atoms with Crippen molar-refractivity contribution in [1.29, 1.82) is 0 Å². The number of sulfonamides is 1. The SMILES string of the molecule is NCC1CC2CCC1N(S(=O)(=O)c1ccc([N+](=O)[O-])cc1)C2. The molecule has 3 atom stereocenters. The zero-order chi connectivity index (χ0) is 15.9. The summed E-state index contributed by atoms with van der Waals surface area (Å²) in [6, 6.07) is 5.04. The van der Waals surface area contributed by atoms with Crippen molar-refractivity contribution in [3.63, 3.8) is 0 Å². The van der Waals surface area contributed by atoms with E-state index in [2.05, 4.69) is 0 Å². The van der Waals surface area contributed by atoms with Crippen LogP contribution in [0.4, 0.5) is 5.69 Å². The van der Waals surface area contributed by atoms with E-state index >= 15 is 0 Å². The number of hydrogen-bond donors (Lipinski definition) is 1. The monoisotopic (exact) mass is 325 g/mol. The molecule has 2 bridgehead atoms. The van der Waals surface area contributed by atoms with Gasteiger partial charge < -0.3 is 5.73 Å². The molecule has 0 aromatic heterocycles. The molecule has 0 amide bonds. The van der Waals surface area contributed by atoms with E-state index < -0.39 is 14.9 Å². The Morgan fingerprint density at radius 1 is 1.27 bits per heavy atom. The van der Waals surface area contributed by atoms with Gasteiger partial charge in [-0.3, -0.25) is 10.1 Å². The van der Waals surface area contributed by atoms with E-state index in [1.807, 2.05) is 0 Å². The molecule has 22 heavy (non-hydrogen) atoms. The second-order valence-corrected chi connectivity index (χ2v) is 7.96. The van der Waals surface area contributed by atoms with Crippen molar-refractivity contribution >= 4 is 15.7 Å². The highest BCUT2D eigenvalue weighted by Gasteiger charge is 2.45. The van der Waals surface area contributed by atoms with Crippen LogP contribution in [-0.4, -0.2) is 36.8 Å². The van der Waals surface area contributed by atoms with Crippen LogP contribution in [0.3, 0.4) is 0 Å². The molecule has 0 radical (unpaired) electrons. The third-order valence-electron chi connectivity index (χ3n) is 4.82. The van der Waals surface area contributed by atoms with Gasteiger partial charge in [0, 0.05) is 24.7 Å². The molecular formula is C14H19N3O4S. The lowest BCUT2D eigenvalue weighted by atomic mass is 9.74. The molecule has 8 heteroatoms. The van der Waals surface area contributed by atoms with Crippen LogP contribution in [0.2, 0.25) is 0 Å². The van der Waals surface area contributed by atoms with E-state index in [-0.39, 0.29) is 22.5 Å². The molecule has 4 rings (SSSR count). The summed E-state index contributed by atoms with van der Waals surface area (Å²) in [6.07, 6.45) is 2.89. The Balaban J connectivity index is 1.91. The average Bonchev–Trinajstić information content (AvgIpc) is 2.55. The summed E-state index contributed by atoms with van der Waals surface area (Å²) < 4.78 is 27.2. The van der Waals surface area contributed by atoms with E-state index in [9.17, 15) is 18.5 Å². The van der Waals surface area contributed by atoms with Gasteiger partial charge in [0.15, 0.2) is 0 Å². The number of nitrogens with two attached hydrogens (primary N) is 1. The highest BCUT2D eigenvalue weighted by Crippen LogP contribution is 2.41. The van der Waals surface area contributed by atoms with Crippen LogP contribution < -0.4 is 5.73 Å². The molecular weight excluding hydrogens is 306 g/mol. The molecule has 0 spiro atoms. The van der Waals surface area contributed by atoms with Crippen LogP contribution in [0.1, 0.15) is 19.3 Å². The summed E-state index contributed by atoms with van der Waals surface area (Å²) in [4.78, 5) is 10.3. The van der Waals surface area contributed by atoms with Crippen molar-refractivity contribution in [3.05, 3.63) is 34.4 Å². The lowest BCUT2D eigenvalue weighted by molar-refractivity contribution is -0.384. The fraction of sp³-hybridized carbons (Fsp3) is 0.571. The summed E-state index contributed by atoms with van der Waals surface area (Å²) in [6.45, 7) is 1.02. The maximum Gasteiger partial charge on any atom is 0.269 e. The number of fused-ring (bicyclic) bond motifs is 3. The minimum absolute atomic E-state index is 0.0461. The molecule has 2 saturated heterocycles. The van der Waals surface area contributed by atoms with Crippen molar-refractivity contribution in [2.24, 2.45) is 17.6 Å². The van der Waals surface area contributed by atoms with Crippen LogP contribution in [0.5, 0.6) is 0 Å². The van der Waals surface area contributed by atoms with E-state index in [0.717, 1.165) is 19.3 Å². The Hall–Kier alpha value is -1.51. The van der Waals surface area contributed by atoms with Crippen LogP contribution in [-0.2, 0) is 10.0 Å². The van der Waals surface area contributed by atoms with Gasteiger partial charge in [0.1, 0.15) is 0 Å². The Morgan fingerprint density at radius 3 is 2.50 bits per heavy atom. The lowest BCUT2D eigenvalue weighted by Crippen LogP contribution is -2.56. The van der Waals surface area contributed by atoms with Gasteiger partial charge in [-0.05, 0) is 49.8 Å². The summed E-state index contributed by atoms with van der Waals surface area (Å²) in [5.41, 5.74) is 5.68. The normalized spacial score (nSPS) is 28.7. The smallest absolute Gasteiger partial charge is 0.269 e. The average molecular weight is 325 g/mol. The summed E-state index contributed by atoms with van der Waals surface area (Å²) in [5, 5.41) is 10.7. The highest BCUT2D eigenvalue weighted by molar-refractivity contribution is 7.89. The van der Waals surface area contributed by atoms with Crippen LogP contribution >= 0.6 is 0 Å². The van der Waals surface area contributed by atoms with Gasteiger partial charge in [0.05, 0.1) is 9.82 Å². The van der Waals surface area contributed by atoms with Gasteiger partial charge >= 0.3 is 0 Å². The number of rotatable bonds is 4. The van der Waals surface area contributed by atoms with Gasteiger partial charge in [-0.1, -0.05) is 0 Å². The third-order valence-corrected chi connectivity index (χ3v) is 6.72. The Labute approximate surface area is 129 Å². The molecule has 3 aliphatic rings. The molecule has 7 nitrogen and oxygen atoms in total. The molecule has 120 valence electrons. The topological polar surface area (TPSA) is 107 Å². The number of piperidine rings is 2. The number of nitro benzene ring substituents is 1. The fourth-order valence-corrected chi connectivity index (χ4v) is 5.48. The third kappa shape index (κ3) is 2.51. The molecule has 2 N–H and O–H groups in total. The molecule has 3 fully saturated rings. The van der Waals surface area contributed by atoms with Gasteiger partial charge in [0.2, 0.25) is 10.0 Å². The number of nitrogens with zero attached hydrogens (tertiary/aromatic N) is 2. The van der Waals surface area contributed by atoms with E-state index in [1.165, 1.54) is 24.3 Å². The second kappa shape index (κ2) is 5.60. The second-order valence-electron chi connectivity index (χ2n) is 6.07. The predicted octanol–water partition coefficient (Wildman–Crippen LogP) is 1.34. The Bertz CT molecular complexity index is 674. The van der Waals surface area contributed by atoms with E-state index in [4.69, 9.17) is 5.73 Å². The number of benzene rings is 1. The first-order valence-electron chi connectivity index (χ1n) is 7.40. The van der Waals surface area contributed by atoms with Gasteiger partial charge in [-0.25, -0.2) is 8.42 Å². The molecule has 1 aliphatic carbocycles. The standard InChI is InChI=1S/C14H19N3O4S/c15-8-11-7-10-1-6-14(11)16(9-10)22(20,21)13-4-2-12(3-5-13)17(18)19/h2-5,10-11,14H,1,6-9,15H2. The molecule has 3 unspecified atom stereocenters. The molecule has 1 aromatic rings. The summed E-state index contributed by atoms with van der Waals surface area (Å²) in [5.74, 6) is 0.576. The van der Waals surface area contributed by atoms with Crippen LogP contribution in [0.25, 0.3) is 0 Å². The first-order valence-corrected chi connectivity index (χ1v) is 8.84. The largest absolute Gasteiger partial charge is 0.330 e. The molecule has 1 saturated carbocycles. The Kier molecular flexibility index (Phi) is 3.92. The summed E-state index contributed by atoms with van der Waals surface area (Å²) >= 11 is 0. The van der Waals surface area contributed by atoms with Crippen molar-refractivity contribution in [2.75, 3.05) is 13.1 Å². The number of hydrogen-bond acceptors (Lipinski definition) is 5. The van der Waals surface area contributed by atoms with E-state index in [1.54, 1.807) is 4.31 Å². The van der Waals surface area contributed by atoms with Crippen LogP contribution in [0.15, 0.2) is 29.2 Å². The first kappa shape index (κ1) is 15.4. The molecule has 1 aromatic carbocycles. The van der Waals surface area contributed by atoms with Gasteiger partial charge in [-0.15, -0.1) is 0 Å². The predicted molar refractivity (Wildman–Crippen MR) is 80.7 cm³/mol. The van der Waals surface area contributed by atoms with Crippen molar-refractivity contribution in [2.45, 2.75) is 30.2 Å². The van der Waals surface area contributed by atoms with Crippen molar-refractivity contribution < 1.29 is 13.3 Å². The quantitative estimate of drug-likeness (QED) is 0.664. The van der Waals surface area contributed by atoms with Crippen molar-refractivity contribution in [3.8, 4) is 0 Å². The fourth-order valence-electron chi connectivity index (χ4n) is 3.68. The molecule has 2 heterocycles. The lowest BCUT2D eigenvalue weighted by Gasteiger charge is -2.48.